The molecule has 1 amide bonds. The van der Waals surface area contributed by atoms with E-state index in [4.69, 9.17) is 4.74 Å². The fourth-order valence-corrected chi connectivity index (χ4v) is 10.8. The summed E-state index contributed by atoms with van der Waals surface area (Å²) in [5, 5.41) is 23.1. The highest BCUT2D eigenvalue weighted by Gasteiger charge is 2.18. The van der Waals surface area contributed by atoms with Crippen LogP contribution >= 0.6 is 0 Å². The first-order chi connectivity index (χ1) is 38.0. The van der Waals surface area contributed by atoms with Gasteiger partial charge >= 0.3 is 5.97 Å². The van der Waals surface area contributed by atoms with Gasteiger partial charge in [0.15, 0.2) is 0 Å². The molecule has 3 N–H and O–H groups in total. The van der Waals surface area contributed by atoms with Gasteiger partial charge in [-0.2, -0.15) is 0 Å². The maximum Gasteiger partial charge on any atom is 0.305 e. The SMILES string of the molecule is CCCCC/C=C\C/C=C\CCCCCCCCCCCC(=O)OCCCCCCCCCCCCCCCCCCCCCCCCCCCCCCCC(=O)NC(CO)C(O)/C=C/CCCCCCCCCCCC. The molecule has 6 heteroatoms. The Hall–Kier alpha value is -1.92. The third kappa shape index (κ3) is 63.1. The maximum atomic E-state index is 12.5. The molecule has 2 unspecified atom stereocenters. The zero-order valence-corrected chi connectivity index (χ0v) is 52.0. The van der Waals surface area contributed by atoms with Crippen LogP contribution in [-0.2, 0) is 14.3 Å². The second-order valence-electron chi connectivity index (χ2n) is 23.9. The zero-order valence-electron chi connectivity index (χ0n) is 52.0. The number of allylic oxidation sites excluding steroid dienone is 5. The number of ether oxygens (including phenoxy) is 1. The average molecular weight is 1080 g/mol. The minimum atomic E-state index is -0.841. The lowest BCUT2D eigenvalue weighted by atomic mass is 10.0. The molecule has 0 aliphatic heterocycles. The Balaban J connectivity index is 3.32. The van der Waals surface area contributed by atoms with Crippen molar-refractivity contribution < 1.29 is 24.5 Å². The first kappa shape index (κ1) is 75.1. The van der Waals surface area contributed by atoms with E-state index in [9.17, 15) is 19.8 Å². The molecule has 0 aliphatic rings. The fourth-order valence-electron chi connectivity index (χ4n) is 10.8. The predicted molar refractivity (Wildman–Crippen MR) is 338 cm³/mol. The van der Waals surface area contributed by atoms with E-state index in [-0.39, 0.29) is 18.5 Å². The summed E-state index contributed by atoms with van der Waals surface area (Å²) in [5.74, 6) is -0.0482. The molecule has 0 fully saturated rings. The van der Waals surface area contributed by atoms with Crippen molar-refractivity contribution in [2.45, 2.75) is 392 Å². The van der Waals surface area contributed by atoms with Crippen molar-refractivity contribution in [3.05, 3.63) is 36.5 Å². The minimum absolute atomic E-state index is 0.0156. The summed E-state index contributed by atoms with van der Waals surface area (Å²) >= 11 is 0. The molecular weight excluding hydrogens is 947 g/mol. The van der Waals surface area contributed by atoms with Crippen LogP contribution in [0.3, 0.4) is 0 Å². The van der Waals surface area contributed by atoms with Gasteiger partial charge < -0.3 is 20.3 Å². The second-order valence-corrected chi connectivity index (χ2v) is 23.9. The van der Waals surface area contributed by atoms with Gasteiger partial charge in [0.2, 0.25) is 5.91 Å². The monoisotopic (exact) mass is 1080 g/mol. The van der Waals surface area contributed by atoms with E-state index in [1.54, 1.807) is 6.08 Å². The molecule has 0 saturated heterocycles. The van der Waals surface area contributed by atoms with E-state index < -0.39 is 12.1 Å². The highest BCUT2D eigenvalue weighted by molar-refractivity contribution is 5.76. The Labute approximate surface area is 481 Å². The van der Waals surface area contributed by atoms with Gasteiger partial charge in [-0.3, -0.25) is 9.59 Å². The van der Waals surface area contributed by atoms with E-state index >= 15 is 0 Å². The van der Waals surface area contributed by atoms with Crippen molar-refractivity contribution in [1.29, 1.82) is 0 Å². The number of amides is 1. The van der Waals surface area contributed by atoms with Gasteiger partial charge in [-0.1, -0.05) is 339 Å². The highest BCUT2D eigenvalue weighted by Crippen LogP contribution is 2.18. The lowest BCUT2D eigenvalue weighted by Gasteiger charge is -2.20. The number of rotatable bonds is 65. The van der Waals surface area contributed by atoms with Crippen LogP contribution in [0.25, 0.3) is 0 Å². The fraction of sp³-hybridized carbons (Fsp3) is 0.887. The summed E-state index contributed by atoms with van der Waals surface area (Å²) in [6, 6.07) is -0.624. The number of unbranched alkanes of at least 4 members (excludes halogenated alkanes) is 50. The summed E-state index contributed by atoms with van der Waals surface area (Å²) in [6.45, 7) is 4.90. The van der Waals surface area contributed by atoms with E-state index in [2.05, 4.69) is 43.5 Å². The molecule has 0 saturated carbocycles. The second kappa shape index (κ2) is 66.6. The van der Waals surface area contributed by atoms with E-state index in [1.807, 2.05) is 6.08 Å². The van der Waals surface area contributed by atoms with Crippen LogP contribution in [0.5, 0.6) is 0 Å². The summed E-state index contributed by atoms with van der Waals surface area (Å²) in [6.07, 6.45) is 85.1. The Kier molecular flexibility index (Phi) is 64.9. The Bertz CT molecular complexity index is 1250. The van der Waals surface area contributed by atoms with Crippen LogP contribution in [-0.4, -0.2) is 47.4 Å². The summed E-state index contributed by atoms with van der Waals surface area (Å²) < 4.78 is 5.51. The molecule has 77 heavy (non-hydrogen) atoms. The lowest BCUT2D eigenvalue weighted by molar-refractivity contribution is -0.143. The molecule has 454 valence electrons. The van der Waals surface area contributed by atoms with Crippen molar-refractivity contribution in [2.24, 2.45) is 0 Å². The van der Waals surface area contributed by atoms with Crippen molar-refractivity contribution in [1.82, 2.24) is 5.32 Å². The van der Waals surface area contributed by atoms with Crippen molar-refractivity contribution in [3.8, 4) is 0 Å². The molecule has 6 nitrogen and oxygen atoms in total. The molecule has 0 aromatic heterocycles. The molecule has 0 aromatic carbocycles. The molecule has 0 rings (SSSR count). The van der Waals surface area contributed by atoms with Crippen molar-refractivity contribution in [3.63, 3.8) is 0 Å². The molecule has 0 aromatic rings. The third-order valence-corrected chi connectivity index (χ3v) is 16.2. The number of nitrogens with one attached hydrogen (secondary N) is 1. The largest absolute Gasteiger partial charge is 0.466 e. The molecule has 2 atom stereocenters. The number of aliphatic hydroxyl groups is 2. The Morgan fingerprint density at radius 1 is 0.364 bits per heavy atom. The third-order valence-electron chi connectivity index (χ3n) is 16.2. The standard InChI is InChI=1S/C71H135NO5/c1-3-5-7-9-11-13-15-17-18-19-31-35-38-41-45-49-53-57-61-65-71(76)77-66-62-58-54-50-46-42-39-36-33-30-28-26-24-22-20-21-23-25-27-29-32-34-37-40-44-48-52-56-60-64-70(75)72-68(67-73)69(74)63-59-55-51-47-43-16-14-12-10-8-6-4-2/h11,13,17-18,59,63,68-69,73-74H,3-10,12,14-16,19-58,60-62,64-67H2,1-2H3,(H,72,75)/b13-11-,18-17-,63-59+. The molecule has 0 aliphatic carbocycles. The van der Waals surface area contributed by atoms with Crippen LogP contribution in [0.4, 0.5) is 0 Å². The topological polar surface area (TPSA) is 95.9 Å². The molecule has 0 spiro atoms. The molecule has 0 heterocycles. The van der Waals surface area contributed by atoms with Crippen molar-refractivity contribution in [2.75, 3.05) is 13.2 Å². The van der Waals surface area contributed by atoms with Crippen LogP contribution in [0, 0.1) is 0 Å². The Morgan fingerprint density at radius 3 is 1.01 bits per heavy atom. The molecule has 0 radical (unpaired) electrons. The van der Waals surface area contributed by atoms with Gasteiger partial charge in [0.25, 0.3) is 0 Å². The number of esters is 1. The maximum absolute atomic E-state index is 12.5. The van der Waals surface area contributed by atoms with Gasteiger partial charge in [0, 0.05) is 12.8 Å². The van der Waals surface area contributed by atoms with Gasteiger partial charge in [-0.25, -0.2) is 0 Å². The summed E-state index contributed by atoms with van der Waals surface area (Å²) in [5.41, 5.74) is 0. The van der Waals surface area contributed by atoms with Gasteiger partial charge in [0.05, 0.1) is 25.4 Å². The predicted octanol–water partition coefficient (Wildman–Crippen LogP) is 22.3. The van der Waals surface area contributed by atoms with E-state index in [0.29, 0.717) is 19.4 Å². The van der Waals surface area contributed by atoms with Crippen LogP contribution < -0.4 is 5.32 Å². The number of hydrogen-bond donors (Lipinski definition) is 3. The van der Waals surface area contributed by atoms with E-state index in [1.165, 1.54) is 302 Å². The normalized spacial score (nSPS) is 12.7. The lowest BCUT2D eigenvalue weighted by Crippen LogP contribution is -2.45. The van der Waals surface area contributed by atoms with E-state index in [0.717, 1.165) is 51.4 Å². The van der Waals surface area contributed by atoms with Gasteiger partial charge in [-0.05, 0) is 64.2 Å². The zero-order chi connectivity index (χ0) is 55.7. The van der Waals surface area contributed by atoms with Gasteiger partial charge in [-0.15, -0.1) is 0 Å². The van der Waals surface area contributed by atoms with Crippen molar-refractivity contribution >= 4 is 11.9 Å². The first-order valence-electron chi connectivity index (χ1n) is 34.8. The highest BCUT2D eigenvalue weighted by atomic mass is 16.5. The summed E-state index contributed by atoms with van der Waals surface area (Å²) in [4.78, 5) is 24.6. The van der Waals surface area contributed by atoms with Crippen LogP contribution in [0.2, 0.25) is 0 Å². The smallest absolute Gasteiger partial charge is 0.305 e. The first-order valence-corrected chi connectivity index (χ1v) is 34.8. The van der Waals surface area contributed by atoms with Gasteiger partial charge in [0.1, 0.15) is 0 Å². The number of carbonyl (C=O) groups is 2. The average Bonchev–Trinajstić information content (AvgIpc) is 3.43. The number of hydrogen-bond acceptors (Lipinski definition) is 5. The van der Waals surface area contributed by atoms with Crippen LogP contribution in [0.1, 0.15) is 380 Å². The Morgan fingerprint density at radius 2 is 0.649 bits per heavy atom. The number of aliphatic hydroxyl groups excluding tert-OH is 2. The molecule has 0 bridgehead atoms. The minimum Gasteiger partial charge on any atom is -0.466 e. The molecular formula is C71H135NO5. The van der Waals surface area contributed by atoms with Crippen LogP contribution in [0.15, 0.2) is 36.5 Å². The summed E-state index contributed by atoms with van der Waals surface area (Å²) in [7, 11) is 0. The quantitative estimate of drug-likeness (QED) is 0.0320. The number of carbonyl (C=O) groups excluding carboxylic acids is 2.